The van der Waals surface area contributed by atoms with E-state index in [1.54, 1.807) is 23.3 Å². The first-order valence-electron chi connectivity index (χ1n) is 7.29. The number of carbonyl (C=O) groups is 2. The molecule has 1 aromatic heterocycles. The molecule has 1 atom stereocenters. The predicted octanol–water partition coefficient (Wildman–Crippen LogP) is 0.329. The molecule has 1 aliphatic heterocycles. The molecule has 2 N–H and O–H groups in total. The third-order valence-corrected chi connectivity index (χ3v) is 3.81. The van der Waals surface area contributed by atoms with Gasteiger partial charge in [-0.1, -0.05) is 0 Å². The highest BCUT2D eigenvalue weighted by Gasteiger charge is 2.28. The largest absolute Gasteiger partial charge is 0.467 e. The molecule has 0 saturated carbocycles. The number of amides is 2. The van der Waals surface area contributed by atoms with Crippen LogP contribution in [0.25, 0.3) is 0 Å². The van der Waals surface area contributed by atoms with Crippen molar-refractivity contribution >= 4 is 11.8 Å². The van der Waals surface area contributed by atoms with Gasteiger partial charge in [0.1, 0.15) is 5.76 Å². The molecule has 0 spiro atoms. The van der Waals surface area contributed by atoms with Gasteiger partial charge in [0.05, 0.1) is 37.8 Å². The Morgan fingerprint density at radius 1 is 1.55 bits per heavy atom. The first-order chi connectivity index (χ1) is 10.6. The summed E-state index contributed by atoms with van der Waals surface area (Å²) < 4.78 is 5.26. The van der Waals surface area contributed by atoms with Crippen LogP contribution in [-0.4, -0.2) is 47.8 Å². The van der Waals surface area contributed by atoms with Crippen molar-refractivity contribution in [3.63, 3.8) is 0 Å². The Hall–Kier alpha value is -2.33. The SMILES string of the molecule is N#CCCN(Cc1ccco1)C(=O)CN1CC[C@@H](C(N)=O)C1. The van der Waals surface area contributed by atoms with E-state index in [0.29, 0.717) is 38.4 Å². The van der Waals surface area contributed by atoms with E-state index in [1.807, 2.05) is 11.0 Å². The second-order valence-electron chi connectivity index (χ2n) is 5.43. The smallest absolute Gasteiger partial charge is 0.237 e. The minimum atomic E-state index is -0.313. The summed E-state index contributed by atoms with van der Waals surface area (Å²) in [6.07, 6.45) is 2.52. The van der Waals surface area contributed by atoms with Crippen LogP contribution < -0.4 is 5.73 Å². The van der Waals surface area contributed by atoms with Crippen LogP contribution in [0.1, 0.15) is 18.6 Å². The van der Waals surface area contributed by atoms with Crippen LogP contribution in [0.15, 0.2) is 22.8 Å². The molecule has 0 unspecified atom stereocenters. The maximum absolute atomic E-state index is 12.4. The zero-order valence-corrected chi connectivity index (χ0v) is 12.4. The van der Waals surface area contributed by atoms with Gasteiger partial charge in [0.2, 0.25) is 11.8 Å². The Bertz CT molecular complexity index is 550. The molecule has 7 heteroatoms. The molecular weight excluding hydrogens is 284 g/mol. The summed E-state index contributed by atoms with van der Waals surface area (Å²) in [6.45, 7) is 2.15. The fraction of sp³-hybridized carbons (Fsp3) is 0.533. The van der Waals surface area contributed by atoms with E-state index in [9.17, 15) is 9.59 Å². The number of hydrogen-bond donors (Lipinski definition) is 1. The van der Waals surface area contributed by atoms with E-state index in [0.717, 1.165) is 0 Å². The quantitative estimate of drug-likeness (QED) is 0.781. The highest BCUT2D eigenvalue weighted by atomic mass is 16.3. The number of nitriles is 1. The first kappa shape index (κ1) is 16.0. The molecule has 22 heavy (non-hydrogen) atoms. The van der Waals surface area contributed by atoms with Gasteiger partial charge < -0.3 is 15.1 Å². The maximum Gasteiger partial charge on any atom is 0.237 e. The average Bonchev–Trinajstić information content (AvgIpc) is 3.14. The van der Waals surface area contributed by atoms with E-state index >= 15 is 0 Å². The lowest BCUT2D eigenvalue weighted by atomic mass is 10.1. The fourth-order valence-corrected chi connectivity index (χ4v) is 2.57. The maximum atomic E-state index is 12.4. The molecule has 0 bridgehead atoms. The number of carbonyl (C=O) groups excluding carboxylic acids is 2. The van der Waals surface area contributed by atoms with Crippen molar-refractivity contribution in [3.8, 4) is 6.07 Å². The van der Waals surface area contributed by atoms with Gasteiger partial charge in [-0.2, -0.15) is 5.26 Å². The molecule has 1 saturated heterocycles. The average molecular weight is 304 g/mol. The highest BCUT2D eigenvalue weighted by Crippen LogP contribution is 2.16. The van der Waals surface area contributed by atoms with Crippen LogP contribution >= 0.6 is 0 Å². The summed E-state index contributed by atoms with van der Waals surface area (Å²) in [5.41, 5.74) is 5.30. The highest BCUT2D eigenvalue weighted by molar-refractivity contribution is 5.79. The number of hydrogen-bond acceptors (Lipinski definition) is 5. The Labute approximate surface area is 129 Å². The minimum absolute atomic E-state index is 0.0724. The van der Waals surface area contributed by atoms with Gasteiger partial charge in [0.15, 0.2) is 0 Å². The predicted molar refractivity (Wildman–Crippen MR) is 78.1 cm³/mol. The van der Waals surface area contributed by atoms with Crippen LogP contribution in [0, 0.1) is 17.2 Å². The second-order valence-corrected chi connectivity index (χ2v) is 5.43. The topological polar surface area (TPSA) is 104 Å². The van der Waals surface area contributed by atoms with Gasteiger partial charge in [-0.25, -0.2) is 0 Å². The Kier molecular flexibility index (Phi) is 5.55. The summed E-state index contributed by atoms with van der Waals surface area (Å²) in [5, 5.41) is 8.73. The van der Waals surface area contributed by atoms with Crippen LogP contribution in [0.4, 0.5) is 0 Å². The van der Waals surface area contributed by atoms with Crippen LogP contribution in [0.3, 0.4) is 0 Å². The zero-order chi connectivity index (χ0) is 15.9. The van der Waals surface area contributed by atoms with Crippen molar-refractivity contribution in [2.45, 2.75) is 19.4 Å². The first-order valence-corrected chi connectivity index (χ1v) is 7.29. The number of furan rings is 1. The van der Waals surface area contributed by atoms with E-state index in [1.165, 1.54) is 0 Å². The lowest BCUT2D eigenvalue weighted by molar-refractivity contribution is -0.133. The second kappa shape index (κ2) is 7.61. The number of nitrogens with two attached hydrogens (primary N) is 1. The van der Waals surface area contributed by atoms with E-state index in [4.69, 9.17) is 15.4 Å². The van der Waals surface area contributed by atoms with Gasteiger partial charge >= 0.3 is 0 Å². The van der Waals surface area contributed by atoms with Crippen LogP contribution in [0.5, 0.6) is 0 Å². The van der Waals surface area contributed by atoms with Crippen LogP contribution in [0.2, 0.25) is 0 Å². The van der Waals surface area contributed by atoms with Crippen molar-refractivity contribution in [3.05, 3.63) is 24.2 Å². The molecule has 0 aromatic carbocycles. The molecule has 1 fully saturated rings. The molecule has 1 aromatic rings. The molecule has 118 valence electrons. The molecule has 1 aliphatic rings. The van der Waals surface area contributed by atoms with Gasteiger partial charge in [-0.05, 0) is 25.1 Å². The van der Waals surface area contributed by atoms with Gasteiger partial charge in [0, 0.05) is 13.1 Å². The zero-order valence-electron chi connectivity index (χ0n) is 12.4. The summed E-state index contributed by atoms with van der Waals surface area (Å²) in [7, 11) is 0. The standard InChI is InChI=1S/C15H20N4O3/c16-5-2-6-19(10-13-3-1-8-22-13)14(20)11-18-7-4-12(9-18)15(17)21/h1,3,8,12H,2,4,6-7,9-11H2,(H2,17,21)/t12-/m1/s1. The number of nitrogens with zero attached hydrogens (tertiary/aromatic N) is 3. The fourth-order valence-electron chi connectivity index (χ4n) is 2.57. The molecule has 0 radical (unpaired) electrons. The summed E-state index contributed by atoms with van der Waals surface area (Å²) >= 11 is 0. The molecule has 7 nitrogen and oxygen atoms in total. The van der Waals surface area contributed by atoms with Crippen molar-refractivity contribution in [1.29, 1.82) is 5.26 Å². The lowest BCUT2D eigenvalue weighted by Crippen LogP contribution is -2.40. The van der Waals surface area contributed by atoms with Gasteiger partial charge in [-0.3, -0.25) is 14.5 Å². The van der Waals surface area contributed by atoms with E-state index in [2.05, 4.69) is 0 Å². The van der Waals surface area contributed by atoms with Crippen molar-refractivity contribution < 1.29 is 14.0 Å². The van der Waals surface area contributed by atoms with Gasteiger partial charge in [0.25, 0.3) is 0 Å². The summed E-state index contributed by atoms with van der Waals surface area (Å²) in [4.78, 5) is 27.1. The van der Waals surface area contributed by atoms with Crippen molar-refractivity contribution in [2.75, 3.05) is 26.2 Å². The van der Waals surface area contributed by atoms with Gasteiger partial charge in [-0.15, -0.1) is 0 Å². The number of likely N-dealkylation sites (tertiary alicyclic amines) is 1. The monoisotopic (exact) mass is 304 g/mol. The Morgan fingerprint density at radius 2 is 2.36 bits per heavy atom. The normalized spacial score (nSPS) is 18.0. The molecule has 0 aliphatic carbocycles. The number of primary amides is 1. The Balaban J connectivity index is 1.91. The molecular formula is C15H20N4O3. The third kappa shape index (κ3) is 4.33. The molecule has 2 rings (SSSR count). The molecule has 2 heterocycles. The summed E-state index contributed by atoms with van der Waals surface area (Å²) in [6, 6.07) is 5.61. The van der Waals surface area contributed by atoms with Crippen molar-refractivity contribution in [1.82, 2.24) is 9.80 Å². The van der Waals surface area contributed by atoms with E-state index < -0.39 is 0 Å². The summed E-state index contributed by atoms with van der Waals surface area (Å²) in [5.74, 6) is 0.122. The third-order valence-electron chi connectivity index (χ3n) is 3.81. The minimum Gasteiger partial charge on any atom is -0.467 e. The van der Waals surface area contributed by atoms with Crippen LogP contribution in [-0.2, 0) is 16.1 Å². The Morgan fingerprint density at radius 3 is 2.95 bits per heavy atom. The molecule has 2 amide bonds. The van der Waals surface area contributed by atoms with Crippen molar-refractivity contribution in [2.24, 2.45) is 11.7 Å². The van der Waals surface area contributed by atoms with E-state index in [-0.39, 0.29) is 30.7 Å². The lowest BCUT2D eigenvalue weighted by Gasteiger charge is -2.23. The number of rotatable bonds is 7.